The van der Waals surface area contributed by atoms with Crippen LogP contribution < -0.4 is 11.1 Å². The number of nitrogens with zero attached hydrogens (tertiary/aromatic N) is 1. The average molecular weight is 557 g/mol. The van der Waals surface area contributed by atoms with Gasteiger partial charge in [0, 0.05) is 39.4 Å². The topological polar surface area (TPSA) is 74.2 Å². The number of para-hydroxylation sites is 1. The first-order valence-corrected chi connectivity index (χ1v) is 14.9. The molecule has 4 aliphatic carbocycles. The van der Waals surface area contributed by atoms with Crippen molar-refractivity contribution in [2.24, 2.45) is 17.6 Å². The van der Waals surface area contributed by atoms with Gasteiger partial charge in [0.25, 0.3) is 5.91 Å². The van der Waals surface area contributed by atoms with Gasteiger partial charge in [-0.1, -0.05) is 50.1 Å². The predicted octanol–water partition coefficient (Wildman–Crippen LogP) is 6.72. The molecule has 1 aliphatic heterocycles. The van der Waals surface area contributed by atoms with Crippen molar-refractivity contribution in [2.75, 3.05) is 5.32 Å². The number of amides is 1. The molecule has 2 aromatic carbocycles. The number of nitrogens with two attached hydrogens (primary N) is 1. The van der Waals surface area contributed by atoms with Crippen molar-refractivity contribution in [3.05, 3.63) is 65.4 Å². The van der Waals surface area contributed by atoms with E-state index < -0.39 is 0 Å². The maximum Gasteiger partial charge on any atom is 0.299 e. The number of fused-ring (bicyclic) bond motifs is 3. The predicted molar refractivity (Wildman–Crippen MR) is 164 cm³/mol. The maximum absolute atomic E-state index is 13.3. The molecule has 0 radical (unpaired) electrons. The first kappa shape index (κ1) is 27.2. The smallest absolute Gasteiger partial charge is 0.299 e. The summed E-state index contributed by atoms with van der Waals surface area (Å²) in [7, 11) is 0. The Morgan fingerprint density at radius 3 is 2.52 bits per heavy atom. The number of terminal acetylenes is 1. The van der Waals surface area contributed by atoms with Crippen molar-refractivity contribution >= 4 is 34.9 Å². The minimum absolute atomic E-state index is 0. The molecule has 8 rings (SSSR count). The lowest BCUT2D eigenvalue weighted by molar-refractivity contribution is -0.130. The van der Waals surface area contributed by atoms with Crippen LogP contribution in [0, 0.1) is 24.2 Å². The SMILES string of the molecule is C#CC(=O)N1[C@@H](CCCC)Cc2c([nH]c3ccccc23)[C@@H]1c1ccc(NC23CC4CC(CC(N)(C4)C2)C3)cc1.Cl. The number of carbonyl (C=O) groups excluding carboxylic acids is 1. The monoisotopic (exact) mass is 556 g/mol. The van der Waals surface area contributed by atoms with E-state index in [2.05, 4.69) is 71.7 Å². The number of hydrogen-bond donors (Lipinski definition) is 3. The molecule has 1 amide bonds. The molecule has 4 saturated carbocycles. The van der Waals surface area contributed by atoms with Gasteiger partial charge in [0.1, 0.15) is 0 Å². The minimum atomic E-state index is -0.229. The molecule has 4 fully saturated rings. The Morgan fingerprint density at radius 1 is 1.12 bits per heavy atom. The van der Waals surface area contributed by atoms with E-state index in [9.17, 15) is 4.79 Å². The highest BCUT2D eigenvalue weighted by Gasteiger charge is 2.56. The Morgan fingerprint density at radius 2 is 1.85 bits per heavy atom. The third-order valence-corrected chi connectivity index (χ3v) is 10.2. The first-order chi connectivity index (χ1) is 18.9. The van der Waals surface area contributed by atoms with Crippen molar-refractivity contribution in [2.45, 2.75) is 94.3 Å². The van der Waals surface area contributed by atoms with Crippen LogP contribution in [0.4, 0.5) is 5.69 Å². The number of aromatic amines is 1. The number of rotatable bonds is 6. The Balaban J connectivity index is 0.00000289. The van der Waals surface area contributed by atoms with Crippen LogP contribution in [-0.2, 0) is 11.2 Å². The highest BCUT2D eigenvalue weighted by Crippen LogP contribution is 2.57. The second-order valence-electron chi connectivity index (χ2n) is 13.2. The quantitative estimate of drug-likeness (QED) is 0.295. The van der Waals surface area contributed by atoms with E-state index in [4.69, 9.17) is 12.2 Å². The molecule has 4 bridgehead atoms. The molecule has 40 heavy (non-hydrogen) atoms. The van der Waals surface area contributed by atoms with Crippen LogP contribution in [0.1, 0.15) is 87.6 Å². The van der Waals surface area contributed by atoms with Crippen LogP contribution in [-0.4, -0.2) is 32.9 Å². The molecule has 4 N–H and O–H groups in total. The zero-order chi connectivity index (χ0) is 26.8. The van der Waals surface area contributed by atoms with Crippen molar-refractivity contribution in [1.29, 1.82) is 0 Å². The Hall–Kier alpha value is -2.94. The standard InChI is InChI=1S/C34H40N4O.ClH/c1-3-5-8-26-16-28-27-9-6-7-10-29(27)36-31(28)32(38(26)30(39)4-2)24-11-13-25(14-12-24)37-34-19-22-15-23(20-34)18-33(35,17-22)21-34;/h2,6-7,9-14,22-23,26,32,36-37H,3,5,8,15-21,35H2,1H3;1H/t22?,23?,26-,32-,33?,34?;/m0./s1. The van der Waals surface area contributed by atoms with E-state index in [0.717, 1.165) is 66.4 Å². The fraction of sp³-hybridized carbons (Fsp3) is 0.500. The molecule has 1 aromatic heterocycles. The van der Waals surface area contributed by atoms with Crippen LogP contribution in [0.2, 0.25) is 0 Å². The van der Waals surface area contributed by atoms with Crippen molar-refractivity contribution < 1.29 is 4.79 Å². The summed E-state index contributed by atoms with van der Waals surface area (Å²) in [6, 6.07) is 17.1. The van der Waals surface area contributed by atoms with E-state index in [-0.39, 0.29) is 41.5 Å². The molecule has 0 saturated heterocycles. The molecule has 5 nitrogen and oxygen atoms in total. The van der Waals surface area contributed by atoms with Gasteiger partial charge in [-0.25, -0.2) is 0 Å². The van der Waals surface area contributed by atoms with E-state index >= 15 is 0 Å². The van der Waals surface area contributed by atoms with Crippen molar-refractivity contribution in [3.8, 4) is 12.3 Å². The van der Waals surface area contributed by atoms with E-state index in [1.54, 1.807) is 0 Å². The third kappa shape index (κ3) is 4.50. The molecule has 6 heteroatoms. The third-order valence-electron chi connectivity index (χ3n) is 10.2. The number of hydrogen-bond acceptors (Lipinski definition) is 3. The molecule has 2 heterocycles. The highest BCUT2D eigenvalue weighted by atomic mass is 35.5. The van der Waals surface area contributed by atoms with Gasteiger partial charge in [0.2, 0.25) is 0 Å². The van der Waals surface area contributed by atoms with Gasteiger partial charge in [-0.05, 0) is 98.4 Å². The minimum Gasteiger partial charge on any atom is -0.380 e. The molecule has 210 valence electrons. The van der Waals surface area contributed by atoms with Crippen LogP contribution in [0.25, 0.3) is 10.9 Å². The normalized spacial score (nSPS) is 31.9. The maximum atomic E-state index is 13.3. The number of carbonyl (C=O) groups is 1. The number of benzene rings is 2. The van der Waals surface area contributed by atoms with Gasteiger partial charge < -0.3 is 20.9 Å². The summed E-state index contributed by atoms with van der Waals surface area (Å²) in [5, 5.41) is 5.22. The summed E-state index contributed by atoms with van der Waals surface area (Å²) in [6.45, 7) is 2.20. The lowest BCUT2D eigenvalue weighted by atomic mass is 9.50. The number of nitrogens with one attached hydrogen (secondary N) is 2. The van der Waals surface area contributed by atoms with E-state index in [0.29, 0.717) is 0 Å². The molecular weight excluding hydrogens is 516 g/mol. The number of anilines is 1. The summed E-state index contributed by atoms with van der Waals surface area (Å²) in [5.74, 6) is 3.74. The second kappa shape index (κ2) is 10.2. The largest absolute Gasteiger partial charge is 0.380 e. The summed E-state index contributed by atoms with van der Waals surface area (Å²) in [5.41, 5.74) is 12.8. The fourth-order valence-electron chi connectivity index (χ4n) is 9.26. The lowest BCUT2D eigenvalue weighted by Gasteiger charge is -2.61. The number of aromatic nitrogens is 1. The van der Waals surface area contributed by atoms with Crippen LogP contribution in [0.5, 0.6) is 0 Å². The van der Waals surface area contributed by atoms with Crippen LogP contribution in [0.15, 0.2) is 48.5 Å². The Kier molecular flexibility index (Phi) is 6.92. The highest BCUT2D eigenvalue weighted by molar-refractivity contribution is 5.95. The molecule has 4 atom stereocenters. The van der Waals surface area contributed by atoms with Crippen LogP contribution in [0.3, 0.4) is 0 Å². The van der Waals surface area contributed by atoms with Gasteiger partial charge in [0.15, 0.2) is 0 Å². The first-order valence-electron chi connectivity index (χ1n) is 14.9. The summed E-state index contributed by atoms with van der Waals surface area (Å²) >= 11 is 0. The molecular formula is C34H41ClN4O. The average Bonchev–Trinajstić information content (AvgIpc) is 3.28. The van der Waals surface area contributed by atoms with Gasteiger partial charge in [-0.3, -0.25) is 4.79 Å². The zero-order valence-corrected chi connectivity index (χ0v) is 24.2. The van der Waals surface area contributed by atoms with Crippen molar-refractivity contribution in [1.82, 2.24) is 9.88 Å². The Bertz CT molecular complexity index is 1440. The number of halogens is 1. The van der Waals surface area contributed by atoms with Gasteiger partial charge in [-0.2, -0.15) is 0 Å². The van der Waals surface area contributed by atoms with E-state index in [1.165, 1.54) is 43.1 Å². The zero-order valence-electron chi connectivity index (χ0n) is 23.4. The van der Waals surface area contributed by atoms with Crippen molar-refractivity contribution in [3.63, 3.8) is 0 Å². The summed E-state index contributed by atoms with van der Waals surface area (Å²) < 4.78 is 0. The van der Waals surface area contributed by atoms with Gasteiger partial charge in [0.05, 0.1) is 6.04 Å². The number of H-pyrrole nitrogens is 1. The molecule has 0 spiro atoms. The summed E-state index contributed by atoms with van der Waals surface area (Å²) in [6.07, 6.45) is 17.0. The number of unbranched alkanes of at least 4 members (excludes halogenated alkanes) is 1. The van der Waals surface area contributed by atoms with Crippen LogP contribution >= 0.6 is 12.4 Å². The summed E-state index contributed by atoms with van der Waals surface area (Å²) in [4.78, 5) is 19.0. The van der Waals surface area contributed by atoms with E-state index in [1.807, 2.05) is 4.90 Å². The fourth-order valence-corrected chi connectivity index (χ4v) is 9.26. The molecule has 3 aromatic rings. The molecule has 2 unspecified atom stereocenters. The Labute approximate surface area is 244 Å². The second-order valence-corrected chi connectivity index (χ2v) is 13.2. The molecule has 5 aliphatic rings. The lowest BCUT2D eigenvalue weighted by Crippen LogP contribution is -2.65. The van der Waals surface area contributed by atoms with Gasteiger partial charge in [-0.15, -0.1) is 18.8 Å². The van der Waals surface area contributed by atoms with Gasteiger partial charge >= 0.3 is 0 Å².